The Morgan fingerprint density at radius 3 is 2.74 bits per heavy atom. The fraction of sp³-hybridized carbons (Fsp3) is 0.286. The van der Waals surface area contributed by atoms with Crippen molar-refractivity contribution in [3.05, 3.63) is 59.3 Å². The van der Waals surface area contributed by atoms with Gasteiger partial charge >= 0.3 is 0 Å². The lowest BCUT2D eigenvalue weighted by Crippen LogP contribution is -2.50. The average molecular weight is 419 g/mol. The molecule has 0 spiro atoms. The van der Waals surface area contributed by atoms with E-state index in [0.717, 1.165) is 11.4 Å². The number of piperazine rings is 1. The molecule has 10 heteroatoms. The fourth-order valence-electron chi connectivity index (χ4n) is 3.96. The molecule has 4 heterocycles. The summed E-state index contributed by atoms with van der Waals surface area (Å²) in [5.41, 5.74) is 1.97. The molecule has 1 aliphatic heterocycles. The number of pyridine rings is 1. The maximum Gasteiger partial charge on any atom is 0.297 e. The molecular formula is C21H21N7O3. The monoisotopic (exact) mass is 419 g/mol. The molecule has 0 unspecified atom stereocenters. The zero-order valence-corrected chi connectivity index (χ0v) is 17.0. The van der Waals surface area contributed by atoms with E-state index >= 15 is 0 Å². The van der Waals surface area contributed by atoms with Gasteiger partial charge in [0, 0.05) is 44.1 Å². The van der Waals surface area contributed by atoms with Crippen LogP contribution in [0.25, 0.3) is 16.8 Å². The number of amides is 1. The van der Waals surface area contributed by atoms with E-state index in [2.05, 4.69) is 20.1 Å². The molecule has 0 atom stereocenters. The topological polar surface area (TPSA) is 97.9 Å². The first-order valence-electron chi connectivity index (χ1n) is 10.00. The Morgan fingerprint density at radius 1 is 1.10 bits per heavy atom. The van der Waals surface area contributed by atoms with Gasteiger partial charge in [0.15, 0.2) is 5.65 Å². The second-order valence-electron chi connectivity index (χ2n) is 7.33. The zero-order valence-electron chi connectivity index (χ0n) is 17.0. The highest BCUT2D eigenvalue weighted by molar-refractivity contribution is 5.80. The van der Waals surface area contributed by atoms with Crippen molar-refractivity contribution in [1.82, 2.24) is 29.0 Å². The SMILES string of the molecule is COc1cccc(N2CCN(C(=O)Cn3c(=O)c4nncn4c4ncccc43)CC2)c1. The number of carbonyl (C=O) groups is 1. The molecule has 0 saturated carbocycles. The molecule has 10 nitrogen and oxygen atoms in total. The smallest absolute Gasteiger partial charge is 0.297 e. The van der Waals surface area contributed by atoms with Crippen LogP contribution in [0.5, 0.6) is 5.75 Å². The maximum atomic E-state index is 13.0. The normalized spacial score (nSPS) is 14.4. The number of rotatable bonds is 4. The van der Waals surface area contributed by atoms with Crippen molar-refractivity contribution in [3.8, 4) is 5.75 Å². The first kappa shape index (κ1) is 19.0. The summed E-state index contributed by atoms with van der Waals surface area (Å²) in [4.78, 5) is 34.3. The number of nitrogens with zero attached hydrogens (tertiary/aromatic N) is 7. The molecule has 1 aromatic carbocycles. The van der Waals surface area contributed by atoms with Crippen LogP contribution < -0.4 is 15.2 Å². The number of benzene rings is 1. The van der Waals surface area contributed by atoms with Gasteiger partial charge in [-0.3, -0.25) is 18.6 Å². The molecule has 1 amide bonds. The van der Waals surface area contributed by atoms with Crippen LogP contribution in [0.2, 0.25) is 0 Å². The van der Waals surface area contributed by atoms with Crippen LogP contribution in [0.15, 0.2) is 53.7 Å². The Balaban J connectivity index is 1.36. The van der Waals surface area contributed by atoms with Gasteiger partial charge in [-0.05, 0) is 24.3 Å². The molecule has 0 radical (unpaired) electrons. The number of fused-ring (bicyclic) bond motifs is 3. The molecule has 158 valence electrons. The number of hydrogen-bond acceptors (Lipinski definition) is 7. The largest absolute Gasteiger partial charge is 0.497 e. The minimum atomic E-state index is -0.360. The first-order valence-corrected chi connectivity index (χ1v) is 10.00. The van der Waals surface area contributed by atoms with Crippen LogP contribution in [0.1, 0.15) is 0 Å². The third kappa shape index (κ3) is 3.35. The highest BCUT2D eigenvalue weighted by Crippen LogP contribution is 2.22. The summed E-state index contributed by atoms with van der Waals surface area (Å²) in [6.07, 6.45) is 3.09. The van der Waals surface area contributed by atoms with Gasteiger partial charge in [0.1, 0.15) is 18.6 Å². The molecule has 5 rings (SSSR count). The van der Waals surface area contributed by atoms with Crippen LogP contribution in [0, 0.1) is 0 Å². The second kappa shape index (κ2) is 7.71. The molecular weight excluding hydrogens is 398 g/mol. The number of methoxy groups -OCH3 is 1. The lowest BCUT2D eigenvalue weighted by Gasteiger charge is -2.36. The van der Waals surface area contributed by atoms with Gasteiger partial charge in [-0.15, -0.1) is 10.2 Å². The highest BCUT2D eigenvalue weighted by atomic mass is 16.5. The number of ether oxygens (including phenoxy) is 1. The summed E-state index contributed by atoms with van der Waals surface area (Å²) in [6.45, 7) is 2.50. The van der Waals surface area contributed by atoms with Gasteiger partial charge in [0.05, 0.1) is 12.6 Å². The Hall–Kier alpha value is -3.95. The molecule has 4 aromatic rings. The molecule has 0 aliphatic carbocycles. The van der Waals surface area contributed by atoms with Gasteiger partial charge in [-0.25, -0.2) is 4.98 Å². The van der Waals surface area contributed by atoms with E-state index < -0.39 is 0 Å². The summed E-state index contributed by atoms with van der Waals surface area (Å²) in [5.74, 6) is 0.696. The van der Waals surface area contributed by atoms with Crippen LogP contribution in [-0.2, 0) is 11.3 Å². The van der Waals surface area contributed by atoms with Gasteiger partial charge < -0.3 is 14.5 Å². The fourth-order valence-corrected chi connectivity index (χ4v) is 3.96. The molecule has 0 N–H and O–H groups in total. The van der Waals surface area contributed by atoms with Crippen LogP contribution in [-0.4, -0.2) is 68.2 Å². The van der Waals surface area contributed by atoms with E-state index in [1.807, 2.05) is 24.3 Å². The third-order valence-electron chi connectivity index (χ3n) is 5.61. The lowest BCUT2D eigenvalue weighted by atomic mass is 10.2. The molecule has 0 bridgehead atoms. The predicted octanol–water partition coefficient (Wildman–Crippen LogP) is 0.797. The highest BCUT2D eigenvalue weighted by Gasteiger charge is 2.23. The number of aromatic nitrogens is 5. The van der Waals surface area contributed by atoms with Crippen molar-refractivity contribution in [3.63, 3.8) is 0 Å². The van der Waals surface area contributed by atoms with E-state index in [4.69, 9.17) is 4.74 Å². The number of anilines is 1. The van der Waals surface area contributed by atoms with Crippen LogP contribution in [0.4, 0.5) is 5.69 Å². The van der Waals surface area contributed by atoms with Gasteiger partial charge in [-0.2, -0.15) is 0 Å². The average Bonchev–Trinajstić information content (AvgIpc) is 3.32. The predicted molar refractivity (Wildman–Crippen MR) is 114 cm³/mol. The Labute approximate surface area is 177 Å². The van der Waals surface area contributed by atoms with Crippen molar-refractivity contribution >= 4 is 28.4 Å². The van der Waals surface area contributed by atoms with Crippen molar-refractivity contribution in [2.24, 2.45) is 0 Å². The van der Waals surface area contributed by atoms with Crippen LogP contribution in [0.3, 0.4) is 0 Å². The lowest BCUT2D eigenvalue weighted by molar-refractivity contribution is -0.132. The van der Waals surface area contributed by atoms with Crippen molar-refractivity contribution < 1.29 is 9.53 Å². The zero-order chi connectivity index (χ0) is 21.4. The number of carbonyl (C=O) groups excluding carboxylic acids is 1. The van der Waals surface area contributed by atoms with Crippen molar-refractivity contribution in [1.29, 1.82) is 0 Å². The minimum absolute atomic E-state index is 0.0659. The van der Waals surface area contributed by atoms with Gasteiger partial charge in [-0.1, -0.05) is 6.07 Å². The quantitative estimate of drug-likeness (QED) is 0.482. The first-order chi connectivity index (χ1) is 15.2. The molecule has 1 fully saturated rings. The van der Waals surface area contributed by atoms with E-state index in [1.54, 1.807) is 34.7 Å². The molecule has 1 saturated heterocycles. The number of hydrogen-bond donors (Lipinski definition) is 0. The summed E-state index contributed by atoms with van der Waals surface area (Å²) in [6, 6.07) is 11.4. The van der Waals surface area contributed by atoms with E-state index in [-0.39, 0.29) is 23.7 Å². The Kier molecular flexibility index (Phi) is 4.73. The van der Waals surface area contributed by atoms with Gasteiger partial charge in [0.25, 0.3) is 5.56 Å². The maximum absolute atomic E-state index is 13.0. The molecule has 1 aliphatic rings. The van der Waals surface area contributed by atoms with E-state index in [1.165, 1.54) is 10.9 Å². The summed E-state index contributed by atoms with van der Waals surface area (Å²) < 4.78 is 8.28. The summed E-state index contributed by atoms with van der Waals surface area (Å²) in [7, 11) is 1.65. The Bertz CT molecular complexity index is 1320. The minimum Gasteiger partial charge on any atom is -0.497 e. The second-order valence-corrected chi connectivity index (χ2v) is 7.33. The summed E-state index contributed by atoms with van der Waals surface area (Å²) in [5, 5.41) is 7.73. The van der Waals surface area contributed by atoms with Gasteiger partial charge in [0.2, 0.25) is 11.6 Å². The van der Waals surface area contributed by atoms with Crippen LogP contribution >= 0.6 is 0 Å². The standard InChI is InChI=1S/C21H21N7O3/c1-31-16-5-2-4-15(12-16)25-8-10-26(11-9-25)18(29)13-27-17-6-3-7-22-19(17)28-14-23-24-20(28)21(27)30/h2-7,12,14H,8-11,13H2,1H3. The molecule has 3 aromatic heterocycles. The molecule has 31 heavy (non-hydrogen) atoms. The van der Waals surface area contributed by atoms with Crippen molar-refractivity contribution in [2.75, 3.05) is 38.2 Å². The third-order valence-corrected chi connectivity index (χ3v) is 5.61. The van der Waals surface area contributed by atoms with E-state index in [9.17, 15) is 9.59 Å². The Morgan fingerprint density at radius 2 is 1.94 bits per heavy atom. The summed E-state index contributed by atoms with van der Waals surface area (Å²) >= 11 is 0. The van der Waals surface area contributed by atoms with E-state index in [0.29, 0.717) is 37.3 Å². The van der Waals surface area contributed by atoms with Crippen molar-refractivity contribution in [2.45, 2.75) is 6.54 Å².